The van der Waals surface area contributed by atoms with Gasteiger partial charge in [0, 0.05) is 16.5 Å². The number of fused-ring (bicyclic) bond motifs is 2. The highest BCUT2D eigenvalue weighted by Crippen LogP contribution is 2.38. The molecule has 138 valence electrons. The standard InChI is InChI=1S/C21H14FN3O2S/c22-15-4-1-13(2-5-15)20-16(7-8-23)25-17(12-28-21(25)24-20)14-3-6-18-19(11-14)27-10-9-26-18/h1-6,11-12H,7,9-10H2. The molecule has 28 heavy (non-hydrogen) atoms. The van der Waals surface area contributed by atoms with Crippen molar-refractivity contribution >= 4 is 16.3 Å². The van der Waals surface area contributed by atoms with E-state index in [4.69, 9.17) is 14.5 Å². The molecule has 0 saturated heterocycles. The molecule has 5 nitrogen and oxygen atoms in total. The molecule has 0 radical (unpaired) electrons. The number of nitriles is 1. The summed E-state index contributed by atoms with van der Waals surface area (Å²) in [6, 6.07) is 14.2. The maximum Gasteiger partial charge on any atom is 0.194 e. The molecule has 0 bridgehead atoms. The zero-order valence-corrected chi connectivity index (χ0v) is 15.5. The summed E-state index contributed by atoms with van der Waals surface area (Å²) in [4.78, 5) is 5.50. The lowest BCUT2D eigenvalue weighted by atomic mass is 10.1. The quantitative estimate of drug-likeness (QED) is 0.508. The van der Waals surface area contributed by atoms with Crippen LogP contribution in [0.2, 0.25) is 0 Å². The molecule has 0 saturated carbocycles. The average Bonchev–Trinajstić information content (AvgIpc) is 3.29. The summed E-state index contributed by atoms with van der Waals surface area (Å²) in [7, 11) is 0. The highest BCUT2D eigenvalue weighted by molar-refractivity contribution is 7.15. The van der Waals surface area contributed by atoms with Crippen LogP contribution in [0.1, 0.15) is 5.69 Å². The van der Waals surface area contributed by atoms with Gasteiger partial charge in [0.1, 0.15) is 19.0 Å². The molecule has 5 rings (SSSR count). The molecule has 2 aromatic carbocycles. The second-order valence-electron chi connectivity index (χ2n) is 6.35. The van der Waals surface area contributed by atoms with Crippen molar-refractivity contribution in [2.75, 3.05) is 13.2 Å². The van der Waals surface area contributed by atoms with Crippen LogP contribution < -0.4 is 9.47 Å². The minimum atomic E-state index is -0.302. The van der Waals surface area contributed by atoms with Gasteiger partial charge in [0.15, 0.2) is 16.5 Å². The first-order chi connectivity index (χ1) is 13.7. The highest BCUT2D eigenvalue weighted by atomic mass is 32.1. The first-order valence-corrected chi connectivity index (χ1v) is 9.64. The number of aromatic nitrogens is 2. The summed E-state index contributed by atoms with van der Waals surface area (Å²) >= 11 is 1.50. The first kappa shape index (κ1) is 16.8. The van der Waals surface area contributed by atoms with Gasteiger partial charge < -0.3 is 9.47 Å². The Morgan fingerprint density at radius 1 is 1.07 bits per heavy atom. The molecule has 0 aliphatic carbocycles. The van der Waals surface area contributed by atoms with Crippen LogP contribution >= 0.6 is 11.3 Å². The van der Waals surface area contributed by atoms with Crippen molar-refractivity contribution in [3.05, 3.63) is 59.4 Å². The third-order valence-electron chi connectivity index (χ3n) is 4.66. The van der Waals surface area contributed by atoms with Crippen molar-refractivity contribution in [1.82, 2.24) is 9.38 Å². The van der Waals surface area contributed by atoms with E-state index in [0.717, 1.165) is 33.2 Å². The third-order valence-corrected chi connectivity index (χ3v) is 5.49. The van der Waals surface area contributed by atoms with E-state index in [1.54, 1.807) is 12.1 Å². The molecule has 1 aliphatic heterocycles. The lowest BCUT2D eigenvalue weighted by Gasteiger charge is -2.18. The summed E-state index contributed by atoms with van der Waals surface area (Å²) < 4.78 is 26.6. The van der Waals surface area contributed by atoms with Gasteiger partial charge in [-0.1, -0.05) is 0 Å². The molecule has 0 amide bonds. The van der Waals surface area contributed by atoms with E-state index in [0.29, 0.717) is 24.7 Å². The Balaban J connectivity index is 1.69. The molecular weight excluding hydrogens is 377 g/mol. The SMILES string of the molecule is N#CCc1c(-c2ccc(F)cc2)nc2scc(-c3ccc4c(c3)OCCO4)n12. The Kier molecular flexibility index (Phi) is 3.99. The normalized spacial score (nSPS) is 12.9. The highest BCUT2D eigenvalue weighted by Gasteiger charge is 2.20. The van der Waals surface area contributed by atoms with E-state index in [1.165, 1.54) is 23.5 Å². The summed E-state index contributed by atoms with van der Waals surface area (Å²) in [6.07, 6.45) is 0.197. The predicted octanol–water partition coefficient (Wildman–Crippen LogP) is 4.71. The Labute approximate surface area is 164 Å². The third kappa shape index (κ3) is 2.70. The molecule has 2 aromatic heterocycles. The molecule has 0 fully saturated rings. The van der Waals surface area contributed by atoms with Gasteiger partial charge in [0.25, 0.3) is 0 Å². The van der Waals surface area contributed by atoms with Crippen LogP contribution in [0.5, 0.6) is 11.5 Å². The van der Waals surface area contributed by atoms with Crippen LogP contribution in [-0.4, -0.2) is 22.6 Å². The van der Waals surface area contributed by atoms with Gasteiger partial charge in [-0.25, -0.2) is 9.37 Å². The number of ether oxygens (including phenoxy) is 2. The van der Waals surface area contributed by atoms with Gasteiger partial charge in [-0.05, 0) is 42.5 Å². The number of halogens is 1. The molecule has 1 aliphatic rings. The summed E-state index contributed by atoms with van der Waals surface area (Å²) in [5.74, 6) is 1.14. The lowest BCUT2D eigenvalue weighted by molar-refractivity contribution is 0.171. The zero-order valence-electron chi connectivity index (χ0n) is 14.7. The smallest absolute Gasteiger partial charge is 0.194 e. The first-order valence-electron chi connectivity index (χ1n) is 8.76. The van der Waals surface area contributed by atoms with Crippen molar-refractivity contribution in [1.29, 1.82) is 5.26 Å². The fraction of sp³-hybridized carbons (Fsp3) is 0.143. The molecule has 0 unspecified atom stereocenters. The van der Waals surface area contributed by atoms with Crippen LogP contribution in [0.25, 0.3) is 27.5 Å². The van der Waals surface area contributed by atoms with Gasteiger partial charge in [-0.15, -0.1) is 11.3 Å². The van der Waals surface area contributed by atoms with E-state index < -0.39 is 0 Å². The van der Waals surface area contributed by atoms with E-state index >= 15 is 0 Å². The average molecular weight is 391 g/mol. The van der Waals surface area contributed by atoms with Crippen LogP contribution in [0, 0.1) is 17.1 Å². The maximum absolute atomic E-state index is 13.3. The van der Waals surface area contributed by atoms with Crippen LogP contribution in [0.4, 0.5) is 4.39 Å². The molecule has 3 heterocycles. The van der Waals surface area contributed by atoms with Crippen molar-refractivity contribution in [3.8, 4) is 40.1 Å². The van der Waals surface area contributed by atoms with Crippen molar-refractivity contribution in [3.63, 3.8) is 0 Å². The Hall–Kier alpha value is -3.37. The Morgan fingerprint density at radius 2 is 1.82 bits per heavy atom. The zero-order chi connectivity index (χ0) is 19.1. The second kappa shape index (κ2) is 6.66. The van der Waals surface area contributed by atoms with Gasteiger partial charge in [0.05, 0.1) is 29.6 Å². The second-order valence-corrected chi connectivity index (χ2v) is 7.18. The van der Waals surface area contributed by atoms with E-state index in [-0.39, 0.29) is 12.2 Å². The number of rotatable bonds is 3. The number of thiazole rings is 1. The molecule has 0 N–H and O–H groups in total. The maximum atomic E-state index is 13.3. The Morgan fingerprint density at radius 3 is 2.61 bits per heavy atom. The van der Waals surface area contributed by atoms with Crippen molar-refractivity contribution in [2.45, 2.75) is 6.42 Å². The fourth-order valence-electron chi connectivity index (χ4n) is 3.40. The minimum Gasteiger partial charge on any atom is -0.486 e. The molecule has 0 spiro atoms. The van der Waals surface area contributed by atoms with Gasteiger partial charge in [-0.3, -0.25) is 4.40 Å². The molecular formula is C21H14FN3O2S. The van der Waals surface area contributed by atoms with Crippen molar-refractivity contribution < 1.29 is 13.9 Å². The van der Waals surface area contributed by atoms with Crippen LogP contribution in [0.15, 0.2) is 47.8 Å². The number of hydrogen-bond donors (Lipinski definition) is 0. The molecule has 4 aromatic rings. The monoisotopic (exact) mass is 391 g/mol. The number of hydrogen-bond acceptors (Lipinski definition) is 5. The largest absolute Gasteiger partial charge is 0.486 e. The Bertz CT molecular complexity index is 1220. The minimum absolute atomic E-state index is 0.197. The van der Waals surface area contributed by atoms with Gasteiger partial charge in [-0.2, -0.15) is 5.26 Å². The van der Waals surface area contributed by atoms with Crippen molar-refractivity contribution in [2.24, 2.45) is 0 Å². The summed E-state index contributed by atoms with van der Waals surface area (Å²) in [5, 5.41) is 11.4. The van der Waals surface area contributed by atoms with Crippen LogP contribution in [0.3, 0.4) is 0 Å². The molecule has 0 atom stereocenters. The van der Waals surface area contributed by atoms with Gasteiger partial charge >= 0.3 is 0 Å². The summed E-state index contributed by atoms with van der Waals surface area (Å²) in [5.41, 5.74) is 4.17. The van der Waals surface area contributed by atoms with Crippen LogP contribution in [-0.2, 0) is 6.42 Å². The summed E-state index contributed by atoms with van der Waals surface area (Å²) in [6.45, 7) is 1.07. The van der Waals surface area contributed by atoms with E-state index in [1.807, 2.05) is 28.0 Å². The molecule has 7 heteroatoms. The van der Waals surface area contributed by atoms with E-state index in [9.17, 15) is 9.65 Å². The number of imidazole rings is 1. The topological polar surface area (TPSA) is 59.5 Å². The predicted molar refractivity (Wildman–Crippen MR) is 104 cm³/mol. The number of benzene rings is 2. The lowest BCUT2D eigenvalue weighted by Crippen LogP contribution is -2.15. The fourth-order valence-corrected chi connectivity index (χ4v) is 4.31. The number of nitrogens with zero attached hydrogens (tertiary/aromatic N) is 3. The van der Waals surface area contributed by atoms with E-state index in [2.05, 4.69) is 6.07 Å². The van der Waals surface area contributed by atoms with Gasteiger partial charge in [0.2, 0.25) is 0 Å².